The highest BCUT2D eigenvalue weighted by Crippen LogP contribution is 2.10. The van der Waals surface area contributed by atoms with E-state index in [2.05, 4.69) is 20.4 Å². The van der Waals surface area contributed by atoms with Crippen LogP contribution in [0.5, 0.6) is 0 Å². The Bertz CT molecular complexity index is 438. The number of aromatic nitrogens is 2. The van der Waals surface area contributed by atoms with Crippen molar-refractivity contribution in [1.29, 1.82) is 0 Å². The number of aromatic carboxylic acids is 1. The number of carbonyl (C=O) groups is 1. The van der Waals surface area contributed by atoms with E-state index in [1.54, 1.807) is 6.07 Å². The number of anilines is 1. The molecule has 1 atom stereocenters. The second-order valence-electron chi connectivity index (χ2n) is 4.99. The van der Waals surface area contributed by atoms with Gasteiger partial charge < -0.3 is 20.4 Å². The molecule has 110 valence electrons. The Hall–Kier alpha value is -1.73. The van der Waals surface area contributed by atoms with Crippen LogP contribution in [-0.2, 0) is 0 Å². The maximum absolute atomic E-state index is 10.6. The second kappa shape index (κ2) is 7.16. The van der Waals surface area contributed by atoms with Crippen LogP contribution in [-0.4, -0.2) is 63.6 Å². The van der Waals surface area contributed by atoms with Gasteiger partial charge in [0.25, 0.3) is 0 Å². The quantitative estimate of drug-likeness (QED) is 0.650. The Labute approximate surface area is 117 Å². The molecular weight excluding hydrogens is 260 g/mol. The number of piperidine rings is 1. The number of aliphatic hydroxyl groups is 1. The monoisotopic (exact) mass is 280 g/mol. The predicted molar refractivity (Wildman–Crippen MR) is 73.8 cm³/mol. The Kier molecular flexibility index (Phi) is 5.25. The number of carboxylic acids is 1. The maximum atomic E-state index is 10.6. The summed E-state index contributed by atoms with van der Waals surface area (Å²) in [6.45, 7) is 3.48. The summed E-state index contributed by atoms with van der Waals surface area (Å²) in [7, 11) is 0. The van der Waals surface area contributed by atoms with Crippen LogP contribution in [0.25, 0.3) is 0 Å². The summed E-state index contributed by atoms with van der Waals surface area (Å²) < 4.78 is 0. The molecule has 7 heteroatoms. The van der Waals surface area contributed by atoms with Gasteiger partial charge in [0.05, 0.1) is 6.10 Å². The zero-order valence-electron chi connectivity index (χ0n) is 11.3. The van der Waals surface area contributed by atoms with Crippen molar-refractivity contribution in [1.82, 2.24) is 15.1 Å². The lowest BCUT2D eigenvalue weighted by atomic mass is 10.1. The lowest BCUT2D eigenvalue weighted by molar-refractivity contribution is 0.0688. The topological polar surface area (TPSA) is 98.6 Å². The van der Waals surface area contributed by atoms with Crippen LogP contribution in [0.4, 0.5) is 5.82 Å². The van der Waals surface area contributed by atoms with Crippen molar-refractivity contribution in [2.45, 2.75) is 25.4 Å². The van der Waals surface area contributed by atoms with Crippen molar-refractivity contribution < 1.29 is 15.0 Å². The van der Waals surface area contributed by atoms with Gasteiger partial charge in [-0.1, -0.05) is 0 Å². The number of aliphatic hydroxyl groups excluding tert-OH is 1. The molecule has 0 spiro atoms. The molecule has 1 saturated heterocycles. The molecule has 3 N–H and O–H groups in total. The van der Waals surface area contributed by atoms with Crippen molar-refractivity contribution in [2.24, 2.45) is 0 Å². The minimum atomic E-state index is -1.08. The van der Waals surface area contributed by atoms with Gasteiger partial charge in [-0.2, -0.15) is 0 Å². The molecule has 2 rings (SSSR count). The normalized spacial score (nSPS) is 19.8. The van der Waals surface area contributed by atoms with Crippen LogP contribution < -0.4 is 5.32 Å². The third-order valence-corrected chi connectivity index (χ3v) is 3.32. The maximum Gasteiger partial charge on any atom is 0.356 e. The third-order valence-electron chi connectivity index (χ3n) is 3.32. The summed E-state index contributed by atoms with van der Waals surface area (Å²) in [5.41, 5.74) is -0.0575. The summed E-state index contributed by atoms with van der Waals surface area (Å²) in [6, 6.07) is 3.04. The molecule has 20 heavy (non-hydrogen) atoms. The molecule has 0 aliphatic carbocycles. The molecule has 0 aromatic carbocycles. The Morgan fingerprint density at radius 2 is 2.30 bits per heavy atom. The van der Waals surface area contributed by atoms with E-state index in [0.717, 1.165) is 45.4 Å². The molecular formula is C13H20N4O3. The third kappa shape index (κ3) is 4.43. The molecule has 1 unspecified atom stereocenters. The van der Waals surface area contributed by atoms with E-state index in [4.69, 9.17) is 5.11 Å². The summed E-state index contributed by atoms with van der Waals surface area (Å²) in [4.78, 5) is 12.9. The van der Waals surface area contributed by atoms with Gasteiger partial charge in [0.2, 0.25) is 0 Å². The first kappa shape index (κ1) is 14.7. The Morgan fingerprint density at radius 3 is 2.95 bits per heavy atom. The average Bonchev–Trinajstić information content (AvgIpc) is 2.44. The molecule has 1 aliphatic heterocycles. The van der Waals surface area contributed by atoms with Crippen molar-refractivity contribution in [3.05, 3.63) is 17.8 Å². The first-order valence-electron chi connectivity index (χ1n) is 6.86. The molecule has 0 bridgehead atoms. The van der Waals surface area contributed by atoms with Gasteiger partial charge in [0.1, 0.15) is 5.82 Å². The van der Waals surface area contributed by atoms with Crippen molar-refractivity contribution in [3.8, 4) is 0 Å². The molecule has 0 amide bonds. The number of nitrogens with zero attached hydrogens (tertiary/aromatic N) is 3. The van der Waals surface area contributed by atoms with Crippen LogP contribution >= 0.6 is 0 Å². The SMILES string of the molecule is O=C(O)c1ccc(NCCCN2CCCC(O)C2)nn1. The van der Waals surface area contributed by atoms with Crippen molar-refractivity contribution in [2.75, 3.05) is 31.5 Å². The second-order valence-corrected chi connectivity index (χ2v) is 4.99. The van der Waals surface area contributed by atoms with E-state index in [1.807, 2.05) is 0 Å². The zero-order valence-corrected chi connectivity index (χ0v) is 11.3. The first-order chi connectivity index (χ1) is 9.65. The van der Waals surface area contributed by atoms with Crippen molar-refractivity contribution in [3.63, 3.8) is 0 Å². The molecule has 1 aliphatic rings. The van der Waals surface area contributed by atoms with Gasteiger partial charge in [-0.05, 0) is 44.5 Å². The minimum Gasteiger partial charge on any atom is -0.476 e. The van der Waals surface area contributed by atoms with E-state index in [1.165, 1.54) is 6.07 Å². The van der Waals surface area contributed by atoms with Gasteiger partial charge in [-0.3, -0.25) is 0 Å². The van der Waals surface area contributed by atoms with E-state index in [-0.39, 0.29) is 11.8 Å². The van der Waals surface area contributed by atoms with Crippen LogP contribution in [0, 0.1) is 0 Å². The molecule has 0 radical (unpaired) electrons. The van der Waals surface area contributed by atoms with Crippen LogP contribution in [0.15, 0.2) is 12.1 Å². The summed E-state index contributed by atoms with van der Waals surface area (Å²) >= 11 is 0. The largest absolute Gasteiger partial charge is 0.476 e. The zero-order chi connectivity index (χ0) is 14.4. The molecule has 1 aromatic rings. The summed E-state index contributed by atoms with van der Waals surface area (Å²) in [6.07, 6.45) is 2.71. The van der Waals surface area contributed by atoms with E-state index in [0.29, 0.717) is 5.82 Å². The Balaban J connectivity index is 1.66. The average molecular weight is 280 g/mol. The number of hydrogen-bond acceptors (Lipinski definition) is 6. The highest BCUT2D eigenvalue weighted by atomic mass is 16.4. The fourth-order valence-corrected chi connectivity index (χ4v) is 2.29. The Morgan fingerprint density at radius 1 is 1.45 bits per heavy atom. The summed E-state index contributed by atoms with van der Waals surface area (Å²) in [5, 5.41) is 28.8. The van der Waals surface area contributed by atoms with Gasteiger partial charge in [-0.15, -0.1) is 10.2 Å². The summed E-state index contributed by atoms with van der Waals surface area (Å²) in [5.74, 6) is -0.499. The predicted octanol–water partition coefficient (Wildman–Crippen LogP) is 0.433. The van der Waals surface area contributed by atoms with Gasteiger partial charge >= 0.3 is 5.97 Å². The standard InChI is InChI=1S/C13H20N4O3/c18-10-3-1-7-17(9-10)8-2-6-14-12-5-4-11(13(19)20)15-16-12/h4-5,10,18H,1-3,6-9H2,(H,14,16)(H,19,20). The number of β-amino-alcohol motifs (C(OH)–C–C–N with tert-alkyl or cyclic N) is 1. The van der Waals surface area contributed by atoms with E-state index >= 15 is 0 Å². The fraction of sp³-hybridized carbons (Fsp3) is 0.615. The molecule has 1 aromatic heterocycles. The number of rotatable bonds is 6. The number of hydrogen-bond donors (Lipinski definition) is 3. The number of nitrogens with one attached hydrogen (secondary N) is 1. The lowest BCUT2D eigenvalue weighted by Crippen LogP contribution is -2.39. The highest BCUT2D eigenvalue weighted by molar-refractivity contribution is 5.85. The van der Waals surface area contributed by atoms with Crippen molar-refractivity contribution >= 4 is 11.8 Å². The molecule has 1 fully saturated rings. The number of likely N-dealkylation sites (tertiary alicyclic amines) is 1. The molecule has 2 heterocycles. The molecule has 0 saturated carbocycles. The van der Waals surface area contributed by atoms with Crippen LogP contribution in [0.1, 0.15) is 29.8 Å². The van der Waals surface area contributed by atoms with Gasteiger partial charge in [-0.25, -0.2) is 4.79 Å². The van der Waals surface area contributed by atoms with Crippen LogP contribution in [0.3, 0.4) is 0 Å². The fourth-order valence-electron chi connectivity index (χ4n) is 2.29. The van der Waals surface area contributed by atoms with Crippen LogP contribution in [0.2, 0.25) is 0 Å². The molecule has 7 nitrogen and oxygen atoms in total. The smallest absolute Gasteiger partial charge is 0.356 e. The highest BCUT2D eigenvalue weighted by Gasteiger charge is 2.16. The lowest BCUT2D eigenvalue weighted by Gasteiger charge is -2.29. The number of carboxylic acid groups (broad SMARTS) is 1. The van der Waals surface area contributed by atoms with E-state index < -0.39 is 5.97 Å². The van der Waals surface area contributed by atoms with Gasteiger partial charge in [0, 0.05) is 13.1 Å². The van der Waals surface area contributed by atoms with E-state index in [9.17, 15) is 9.90 Å². The minimum absolute atomic E-state index is 0.0575. The van der Waals surface area contributed by atoms with Gasteiger partial charge in [0.15, 0.2) is 5.69 Å². The first-order valence-corrected chi connectivity index (χ1v) is 6.86.